The number of nitrogens with zero attached hydrogens (tertiary/aromatic N) is 1. The van der Waals surface area contributed by atoms with Gasteiger partial charge in [-0.25, -0.2) is 4.79 Å². The van der Waals surface area contributed by atoms with Crippen LogP contribution in [0.25, 0.3) is 11.0 Å². The number of anilines is 1. The highest BCUT2D eigenvalue weighted by molar-refractivity contribution is 5.96. The molecule has 0 radical (unpaired) electrons. The molecule has 0 spiro atoms. The van der Waals surface area contributed by atoms with Gasteiger partial charge in [0.05, 0.1) is 0 Å². The van der Waals surface area contributed by atoms with Crippen molar-refractivity contribution in [3.63, 3.8) is 0 Å². The van der Waals surface area contributed by atoms with Gasteiger partial charge in [-0.05, 0) is 25.0 Å². The summed E-state index contributed by atoms with van der Waals surface area (Å²) < 4.78 is 5.39. The topological polar surface area (TPSA) is 50.5 Å². The first kappa shape index (κ1) is 24.2. The van der Waals surface area contributed by atoms with Gasteiger partial charge in [0.1, 0.15) is 5.58 Å². The Balaban J connectivity index is 2.05. The van der Waals surface area contributed by atoms with Crippen molar-refractivity contribution >= 4 is 22.9 Å². The van der Waals surface area contributed by atoms with Crippen LogP contribution in [0, 0.1) is 0 Å². The van der Waals surface area contributed by atoms with E-state index >= 15 is 0 Å². The molecule has 166 valence electrons. The molecule has 30 heavy (non-hydrogen) atoms. The quantitative estimate of drug-likeness (QED) is 0.167. The van der Waals surface area contributed by atoms with Crippen LogP contribution >= 0.6 is 0 Å². The lowest BCUT2D eigenvalue weighted by molar-refractivity contribution is 0.112. The Hall–Kier alpha value is -2.10. The predicted molar refractivity (Wildman–Crippen MR) is 127 cm³/mol. The number of unbranched alkanes of at least 4 members (excludes halogenated alkanes) is 10. The summed E-state index contributed by atoms with van der Waals surface area (Å²) in [6.45, 7) is 6.53. The molecule has 1 aromatic heterocycles. The van der Waals surface area contributed by atoms with Crippen LogP contribution in [-0.2, 0) is 0 Å². The van der Waals surface area contributed by atoms with Gasteiger partial charge >= 0.3 is 5.63 Å². The van der Waals surface area contributed by atoms with Crippen molar-refractivity contribution in [3.8, 4) is 0 Å². The molecule has 0 N–H and O–H groups in total. The van der Waals surface area contributed by atoms with Gasteiger partial charge in [0.25, 0.3) is 0 Å². The maximum atomic E-state index is 11.8. The van der Waals surface area contributed by atoms with Crippen molar-refractivity contribution in [2.75, 3.05) is 18.0 Å². The third-order valence-electron chi connectivity index (χ3n) is 5.82. The molecule has 0 aliphatic rings. The van der Waals surface area contributed by atoms with Crippen LogP contribution in [-0.4, -0.2) is 19.4 Å². The highest BCUT2D eigenvalue weighted by Crippen LogP contribution is 2.24. The Labute approximate surface area is 181 Å². The molecule has 4 heteroatoms. The van der Waals surface area contributed by atoms with Gasteiger partial charge in [-0.3, -0.25) is 4.79 Å². The third kappa shape index (κ3) is 7.97. The number of carbonyl (C=O) groups excluding carboxylic acids is 1. The number of hydrogen-bond donors (Lipinski definition) is 0. The van der Waals surface area contributed by atoms with E-state index in [1.807, 2.05) is 12.1 Å². The SMILES string of the molecule is CCCCCCCCN(CCCCCCCC)c1ccc2c(C=O)cc(=O)oc2c1. The first-order chi connectivity index (χ1) is 14.7. The Morgan fingerprint density at radius 2 is 1.37 bits per heavy atom. The predicted octanol–water partition coefficient (Wildman–Crippen LogP) is 7.13. The molecule has 2 aromatic rings. The molecule has 0 atom stereocenters. The zero-order valence-corrected chi connectivity index (χ0v) is 19.0. The van der Waals surface area contributed by atoms with Gasteiger partial charge < -0.3 is 9.32 Å². The lowest BCUT2D eigenvalue weighted by Gasteiger charge is -2.25. The summed E-state index contributed by atoms with van der Waals surface area (Å²) in [5, 5.41) is 0.701. The summed E-state index contributed by atoms with van der Waals surface area (Å²) in [5.74, 6) is 0. The maximum Gasteiger partial charge on any atom is 0.336 e. The van der Waals surface area contributed by atoms with E-state index in [2.05, 4.69) is 24.8 Å². The Bertz CT molecular complexity index is 796. The first-order valence-electron chi connectivity index (χ1n) is 12.0. The van der Waals surface area contributed by atoms with Gasteiger partial charge in [0, 0.05) is 41.9 Å². The number of rotatable bonds is 16. The fraction of sp³-hybridized carbons (Fsp3) is 0.615. The molecule has 0 fully saturated rings. The Morgan fingerprint density at radius 3 is 1.93 bits per heavy atom. The van der Waals surface area contributed by atoms with Crippen molar-refractivity contribution < 1.29 is 9.21 Å². The van der Waals surface area contributed by atoms with Crippen LogP contribution in [0.2, 0.25) is 0 Å². The van der Waals surface area contributed by atoms with E-state index in [0.29, 0.717) is 16.5 Å². The molecule has 1 heterocycles. The molecule has 1 aromatic carbocycles. The zero-order valence-electron chi connectivity index (χ0n) is 19.0. The Kier molecular flexibility index (Phi) is 11.3. The molecule has 0 aliphatic heterocycles. The van der Waals surface area contributed by atoms with Gasteiger partial charge in [0.15, 0.2) is 6.29 Å². The monoisotopic (exact) mass is 413 g/mol. The molecule has 0 bridgehead atoms. The smallest absolute Gasteiger partial charge is 0.336 e. The van der Waals surface area contributed by atoms with E-state index < -0.39 is 5.63 Å². The van der Waals surface area contributed by atoms with E-state index in [-0.39, 0.29) is 0 Å². The van der Waals surface area contributed by atoms with Crippen LogP contribution in [0.4, 0.5) is 5.69 Å². The molecule has 0 amide bonds. The van der Waals surface area contributed by atoms with Crippen LogP contribution in [0.15, 0.2) is 33.5 Å². The number of carbonyl (C=O) groups is 1. The fourth-order valence-electron chi connectivity index (χ4n) is 4.01. The average Bonchev–Trinajstić information content (AvgIpc) is 2.75. The molecule has 0 unspecified atom stereocenters. The summed E-state index contributed by atoms with van der Waals surface area (Å²) in [7, 11) is 0. The second-order valence-corrected chi connectivity index (χ2v) is 8.34. The second kappa shape index (κ2) is 14.0. The largest absolute Gasteiger partial charge is 0.423 e. The fourth-order valence-corrected chi connectivity index (χ4v) is 4.01. The van der Waals surface area contributed by atoms with Crippen LogP contribution < -0.4 is 10.5 Å². The van der Waals surface area contributed by atoms with E-state index in [9.17, 15) is 9.59 Å². The third-order valence-corrected chi connectivity index (χ3v) is 5.82. The zero-order chi connectivity index (χ0) is 21.6. The summed E-state index contributed by atoms with van der Waals surface area (Å²) in [4.78, 5) is 25.5. The second-order valence-electron chi connectivity index (χ2n) is 8.34. The highest BCUT2D eigenvalue weighted by Gasteiger charge is 2.11. The maximum absolute atomic E-state index is 11.8. The van der Waals surface area contributed by atoms with Gasteiger partial charge in [-0.1, -0.05) is 78.1 Å². The van der Waals surface area contributed by atoms with Crippen LogP contribution in [0.5, 0.6) is 0 Å². The van der Waals surface area contributed by atoms with E-state index in [1.165, 1.54) is 83.1 Å². The normalized spacial score (nSPS) is 11.1. The molecular formula is C26H39NO3. The summed E-state index contributed by atoms with van der Waals surface area (Å²) in [6, 6.07) is 7.16. The van der Waals surface area contributed by atoms with Crippen molar-refractivity contribution in [2.45, 2.75) is 90.9 Å². The number of aldehydes is 1. The molecule has 0 aliphatic carbocycles. The molecule has 2 rings (SSSR count). The lowest BCUT2D eigenvalue weighted by Crippen LogP contribution is -2.25. The summed E-state index contributed by atoms with van der Waals surface area (Å²) in [6.07, 6.45) is 16.0. The van der Waals surface area contributed by atoms with Crippen molar-refractivity contribution in [1.82, 2.24) is 0 Å². The van der Waals surface area contributed by atoms with Crippen LogP contribution in [0.3, 0.4) is 0 Å². The van der Waals surface area contributed by atoms with Gasteiger partial charge in [0.2, 0.25) is 0 Å². The first-order valence-corrected chi connectivity index (χ1v) is 12.0. The minimum absolute atomic E-state index is 0.395. The Morgan fingerprint density at radius 1 is 0.800 bits per heavy atom. The van der Waals surface area contributed by atoms with E-state index in [0.717, 1.165) is 25.1 Å². The summed E-state index contributed by atoms with van der Waals surface area (Å²) in [5.41, 5.74) is 1.50. The van der Waals surface area contributed by atoms with Crippen LogP contribution in [0.1, 0.15) is 101 Å². The standard InChI is InChI=1S/C26H39NO3/c1-3-5-7-9-11-13-17-27(18-14-12-10-8-6-4-2)23-15-16-24-22(21-28)19-26(29)30-25(24)20-23/h15-16,19-21H,3-14,17-18H2,1-2H3. The summed E-state index contributed by atoms with van der Waals surface area (Å²) >= 11 is 0. The van der Waals surface area contributed by atoms with Gasteiger partial charge in [-0.15, -0.1) is 0 Å². The number of hydrogen-bond acceptors (Lipinski definition) is 4. The average molecular weight is 414 g/mol. The minimum atomic E-state index is -0.472. The van der Waals surface area contributed by atoms with Crippen molar-refractivity contribution in [3.05, 3.63) is 40.2 Å². The molecule has 0 saturated carbocycles. The number of benzene rings is 1. The van der Waals surface area contributed by atoms with E-state index in [4.69, 9.17) is 4.42 Å². The minimum Gasteiger partial charge on any atom is -0.423 e. The highest BCUT2D eigenvalue weighted by atomic mass is 16.4. The molecule has 0 saturated heterocycles. The lowest BCUT2D eigenvalue weighted by atomic mass is 10.1. The van der Waals surface area contributed by atoms with E-state index in [1.54, 1.807) is 0 Å². The number of fused-ring (bicyclic) bond motifs is 1. The molecule has 4 nitrogen and oxygen atoms in total. The van der Waals surface area contributed by atoms with Crippen molar-refractivity contribution in [1.29, 1.82) is 0 Å². The van der Waals surface area contributed by atoms with Gasteiger partial charge in [-0.2, -0.15) is 0 Å². The molecular weight excluding hydrogens is 374 g/mol. The van der Waals surface area contributed by atoms with Crippen molar-refractivity contribution in [2.24, 2.45) is 0 Å².